The Morgan fingerprint density at radius 3 is 2.59 bits per heavy atom. The average molecular weight is 414 g/mol. The number of β-amino-alcohol motifs (C(OH)–C–C–N with tert-alkyl or cyclic N) is 1. The van der Waals surface area contributed by atoms with Gasteiger partial charge in [0.1, 0.15) is 36.1 Å². The summed E-state index contributed by atoms with van der Waals surface area (Å²) in [5.41, 5.74) is 0.483. The number of aliphatic hydroxyl groups is 1. The number of halogens is 1. The summed E-state index contributed by atoms with van der Waals surface area (Å²) in [5, 5.41) is 32.2. The molecule has 1 fully saturated rings. The third kappa shape index (κ3) is 3.39. The van der Waals surface area contributed by atoms with Crippen LogP contribution in [0.4, 0.5) is 0 Å². The smallest absolute Gasteiger partial charge is 0.197 e. The lowest BCUT2D eigenvalue weighted by Gasteiger charge is -2.39. The van der Waals surface area contributed by atoms with Gasteiger partial charge in [0.05, 0.1) is 11.1 Å². The molecule has 2 heterocycles. The highest BCUT2D eigenvalue weighted by Crippen LogP contribution is 2.45. The van der Waals surface area contributed by atoms with Gasteiger partial charge in [0.25, 0.3) is 0 Å². The Labute approximate surface area is 173 Å². The second-order valence-corrected chi connectivity index (χ2v) is 8.19. The summed E-state index contributed by atoms with van der Waals surface area (Å²) >= 11 is 6.27. The van der Waals surface area contributed by atoms with Crippen molar-refractivity contribution in [3.63, 3.8) is 0 Å². The third-order valence-electron chi connectivity index (χ3n) is 5.60. The van der Waals surface area contributed by atoms with Gasteiger partial charge < -0.3 is 24.6 Å². The number of phenolic OH excluding ortho intramolecular Hbond substituents is 2. The Morgan fingerprint density at radius 2 is 1.90 bits per heavy atom. The molecule has 0 spiro atoms. The normalized spacial score (nSPS) is 22.8. The first kappa shape index (κ1) is 19.8. The second kappa shape index (κ2) is 7.41. The maximum atomic E-state index is 12.9. The van der Waals surface area contributed by atoms with Crippen molar-refractivity contribution in [2.24, 2.45) is 0 Å². The average Bonchev–Trinajstić information content (AvgIpc) is 2.63. The maximum absolute atomic E-state index is 12.9. The molecule has 1 saturated heterocycles. The molecule has 3 aromatic rings. The SMILES string of the molecule is BC1CN(C)C[C@@H](O)[C@H]1c1c(O)cc(O)c2c(=O)cc(-c3ccccc3Cl)oc12. The van der Waals surface area contributed by atoms with Gasteiger partial charge in [-0.15, -0.1) is 0 Å². The van der Waals surface area contributed by atoms with Crippen LogP contribution in [0, 0.1) is 0 Å². The van der Waals surface area contributed by atoms with Gasteiger partial charge in [0.2, 0.25) is 0 Å². The molecule has 0 radical (unpaired) electrons. The van der Waals surface area contributed by atoms with E-state index in [1.54, 1.807) is 24.3 Å². The molecular weight excluding hydrogens is 392 g/mol. The first-order valence-electron chi connectivity index (χ1n) is 9.42. The van der Waals surface area contributed by atoms with Crippen molar-refractivity contribution in [3.8, 4) is 22.8 Å². The van der Waals surface area contributed by atoms with Crippen LogP contribution in [0.3, 0.4) is 0 Å². The molecule has 3 atom stereocenters. The fraction of sp³-hybridized carbons (Fsp3) is 0.286. The summed E-state index contributed by atoms with van der Waals surface area (Å²) in [5.74, 6) is -0.823. The van der Waals surface area contributed by atoms with E-state index in [-0.39, 0.29) is 34.0 Å². The van der Waals surface area contributed by atoms with Crippen LogP contribution in [0.25, 0.3) is 22.3 Å². The number of piperidine rings is 1. The first-order valence-corrected chi connectivity index (χ1v) is 9.80. The van der Waals surface area contributed by atoms with E-state index in [2.05, 4.69) is 0 Å². The van der Waals surface area contributed by atoms with Gasteiger partial charge in [-0.05, 0) is 31.5 Å². The van der Waals surface area contributed by atoms with Crippen molar-refractivity contribution in [3.05, 3.63) is 57.2 Å². The van der Waals surface area contributed by atoms with Crippen LogP contribution < -0.4 is 5.43 Å². The summed E-state index contributed by atoms with van der Waals surface area (Å²) in [6.45, 7) is 1.13. The topological polar surface area (TPSA) is 94.1 Å². The van der Waals surface area contributed by atoms with Crippen molar-refractivity contribution in [2.75, 3.05) is 20.1 Å². The van der Waals surface area contributed by atoms with E-state index in [1.807, 2.05) is 19.8 Å². The lowest BCUT2D eigenvalue weighted by Crippen LogP contribution is -2.44. The summed E-state index contributed by atoms with van der Waals surface area (Å²) in [7, 11) is 3.89. The van der Waals surface area contributed by atoms with Crippen LogP contribution in [-0.2, 0) is 0 Å². The summed E-state index contributed by atoms with van der Waals surface area (Å²) in [6, 6.07) is 9.37. The standard InChI is InChI=1S/C21H21BClNO5/c1-24-8-11(22)18(16(28)9-24)20-14(26)6-13(25)19-15(27)7-17(29-21(19)20)10-4-2-3-5-12(10)23/h2-7,11,16,18,25-26,28H,8-9,22H2,1H3/t11?,16-,18+/m1/s1. The Morgan fingerprint density at radius 1 is 1.17 bits per heavy atom. The molecule has 3 N–H and O–H groups in total. The quantitative estimate of drug-likeness (QED) is 0.558. The molecule has 4 rings (SSSR count). The minimum atomic E-state index is -0.767. The van der Waals surface area contributed by atoms with Crippen LogP contribution in [0.2, 0.25) is 10.8 Å². The molecule has 8 heteroatoms. The predicted octanol–water partition coefficient (Wildman–Crippen LogP) is 2.34. The number of likely N-dealkylation sites (N-methyl/N-ethyl adjacent to an activating group) is 1. The van der Waals surface area contributed by atoms with E-state index in [0.29, 0.717) is 29.2 Å². The Hall–Kier alpha value is -2.48. The van der Waals surface area contributed by atoms with Gasteiger partial charge in [-0.25, -0.2) is 0 Å². The van der Waals surface area contributed by atoms with Crippen molar-refractivity contribution in [1.29, 1.82) is 0 Å². The summed E-state index contributed by atoms with van der Waals surface area (Å²) < 4.78 is 6.05. The molecule has 0 bridgehead atoms. The van der Waals surface area contributed by atoms with E-state index in [0.717, 1.165) is 6.07 Å². The lowest BCUT2D eigenvalue weighted by molar-refractivity contribution is 0.0637. The highest BCUT2D eigenvalue weighted by atomic mass is 35.5. The lowest BCUT2D eigenvalue weighted by atomic mass is 9.68. The molecule has 1 aliphatic heterocycles. The van der Waals surface area contributed by atoms with Crippen molar-refractivity contribution < 1.29 is 19.7 Å². The zero-order valence-electron chi connectivity index (χ0n) is 16.1. The van der Waals surface area contributed by atoms with Crippen LogP contribution >= 0.6 is 11.6 Å². The Balaban J connectivity index is 2.02. The van der Waals surface area contributed by atoms with Crippen molar-refractivity contribution in [1.82, 2.24) is 4.90 Å². The monoisotopic (exact) mass is 413 g/mol. The van der Waals surface area contributed by atoms with Crippen LogP contribution in [0.5, 0.6) is 11.5 Å². The number of benzene rings is 2. The molecular formula is C21H21BClNO5. The number of aliphatic hydroxyl groups excluding tert-OH is 1. The summed E-state index contributed by atoms with van der Waals surface area (Å²) in [4.78, 5) is 14.9. The van der Waals surface area contributed by atoms with Crippen LogP contribution in [-0.4, -0.2) is 54.3 Å². The number of hydrogen-bond acceptors (Lipinski definition) is 6. The van der Waals surface area contributed by atoms with Crippen molar-refractivity contribution >= 4 is 30.4 Å². The number of aromatic hydroxyl groups is 2. The molecule has 1 aliphatic rings. The zero-order valence-corrected chi connectivity index (χ0v) is 16.8. The second-order valence-electron chi connectivity index (χ2n) is 7.78. The zero-order chi connectivity index (χ0) is 20.9. The van der Waals surface area contributed by atoms with E-state index in [1.165, 1.54) is 6.07 Å². The van der Waals surface area contributed by atoms with Gasteiger partial charge >= 0.3 is 0 Å². The van der Waals surface area contributed by atoms with E-state index < -0.39 is 17.5 Å². The Bertz CT molecular complexity index is 1140. The molecule has 0 amide bonds. The molecule has 150 valence electrons. The molecule has 29 heavy (non-hydrogen) atoms. The third-order valence-corrected chi connectivity index (χ3v) is 5.93. The van der Waals surface area contributed by atoms with Gasteiger partial charge in [-0.1, -0.05) is 23.7 Å². The molecule has 0 aliphatic carbocycles. The molecule has 0 saturated carbocycles. The minimum Gasteiger partial charge on any atom is -0.507 e. The van der Waals surface area contributed by atoms with E-state index in [4.69, 9.17) is 16.0 Å². The van der Waals surface area contributed by atoms with E-state index in [9.17, 15) is 20.1 Å². The van der Waals surface area contributed by atoms with Gasteiger partial charge in [0, 0.05) is 35.7 Å². The molecule has 6 nitrogen and oxygen atoms in total. The molecule has 2 aromatic carbocycles. The number of nitrogens with zero attached hydrogens (tertiary/aromatic N) is 1. The largest absolute Gasteiger partial charge is 0.507 e. The van der Waals surface area contributed by atoms with Gasteiger partial charge in [0.15, 0.2) is 5.43 Å². The molecule has 1 unspecified atom stereocenters. The van der Waals surface area contributed by atoms with Gasteiger partial charge in [-0.2, -0.15) is 0 Å². The van der Waals surface area contributed by atoms with Gasteiger partial charge in [-0.3, -0.25) is 4.79 Å². The predicted molar refractivity (Wildman–Crippen MR) is 115 cm³/mol. The number of phenols is 2. The minimum absolute atomic E-state index is 0.0170. The fourth-order valence-electron chi connectivity index (χ4n) is 4.41. The van der Waals surface area contributed by atoms with Crippen LogP contribution in [0.1, 0.15) is 11.5 Å². The molecule has 1 aromatic heterocycles. The fourth-order valence-corrected chi connectivity index (χ4v) is 4.64. The first-order chi connectivity index (χ1) is 13.8. The number of rotatable bonds is 2. The van der Waals surface area contributed by atoms with Crippen molar-refractivity contribution in [2.45, 2.75) is 17.8 Å². The maximum Gasteiger partial charge on any atom is 0.197 e. The summed E-state index contributed by atoms with van der Waals surface area (Å²) in [6.07, 6.45) is -0.767. The Kier molecular flexibility index (Phi) is 5.06. The highest BCUT2D eigenvalue weighted by molar-refractivity contribution is 6.33. The highest BCUT2D eigenvalue weighted by Gasteiger charge is 2.37. The van der Waals surface area contributed by atoms with Crippen LogP contribution in [0.15, 0.2) is 45.6 Å². The number of hydrogen-bond donors (Lipinski definition) is 3. The number of likely N-dealkylation sites (tertiary alicyclic amines) is 1. The van der Waals surface area contributed by atoms with E-state index >= 15 is 0 Å². The number of fused-ring (bicyclic) bond motifs is 1.